The Hall–Kier alpha value is -0.0800. The van der Waals surface area contributed by atoms with Crippen LogP contribution in [0.3, 0.4) is 0 Å². The Balaban J connectivity index is 0.000000425. The molecule has 0 amide bonds. The van der Waals surface area contributed by atoms with Crippen molar-refractivity contribution in [3.05, 3.63) is 0 Å². The maximum atomic E-state index is 5.46. The second kappa shape index (κ2) is 19.0. The van der Waals surface area contributed by atoms with Crippen molar-refractivity contribution in [1.82, 2.24) is 0 Å². The van der Waals surface area contributed by atoms with Crippen LogP contribution in [0, 0.1) is 5.92 Å². The Morgan fingerprint density at radius 2 is 1.14 bits per heavy atom. The van der Waals surface area contributed by atoms with Gasteiger partial charge in [0.2, 0.25) is 0 Å². The molecule has 4 N–H and O–H groups in total. The quantitative estimate of drug-likeness (QED) is 0.449. The van der Waals surface area contributed by atoms with Crippen molar-refractivity contribution in [2.75, 3.05) is 13.1 Å². The molecule has 0 aromatic carbocycles. The van der Waals surface area contributed by atoms with E-state index >= 15 is 0 Å². The summed E-state index contributed by atoms with van der Waals surface area (Å²) in [7, 11) is 0. The fraction of sp³-hybridized carbons (Fsp3) is 1.00. The smallest absolute Gasteiger partial charge is 0.00746 e. The number of hydrogen-bond donors (Lipinski definition) is 2. The summed E-state index contributed by atoms with van der Waals surface area (Å²) in [5.41, 5.74) is 10.9. The van der Waals surface area contributed by atoms with Gasteiger partial charge in [0.15, 0.2) is 0 Å². The molecule has 0 heterocycles. The second-order valence-corrected chi connectivity index (χ2v) is 7.05. The van der Waals surface area contributed by atoms with Crippen LogP contribution in [0.5, 0.6) is 0 Å². The average molecular weight is 313 g/mol. The normalized spacial score (nSPS) is 15.4. The summed E-state index contributed by atoms with van der Waals surface area (Å²) in [6.07, 6.45) is 22.4. The molecule has 1 rings (SSSR count). The third-order valence-electron chi connectivity index (χ3n) is 4.86. The minimum Gasteiger partial charge on any atom is -0.330 e. The van der Waals surface area contributed by atoms with Gasteiger partial charge in [0.25, 0.3) is 0 Å². The predicted molar refractivity (Wildman–Crippen MR) is 101 cm³/mol. The lowest BCUT2D eigenvalue weighted by molar-refractivity contribution is 0.343. The summed E-state index contributed by atoms with van der Waals surface area (Å²) in [5.74, 6) is 0.976. The van der Waals surface area contributed by atoms with Gasteiger partial charge in [-0.3, -0.25) is 0 Å². The van der Waals surface area contributed by atoms with Gasteiger partial charge in [0.1, 0.15) is 0 Å². The van der Waals surface area contributed by atoms with Gasteiger partial charge < -0.3 is 11.5 Å². The molecule has 2 nitrogen and oxygen atoms in total. The maximum Gasteiger partial charge on any atom is -0.00746 e. The van der Waals surface area contributed by atoms with Gasteiger partial charge in [-0.15, -0.1) is 0 Å². The molecule has 0 aromatic rings. The molecule has 0 unspecified atom stereocenters. The van der Waals surface area contributed by atoms with E-state index in [0.717, 1.165) is 19.0 Å². The Labute approximate surface area is 140 Å². The first-order valence-electron chi connectivity index (χ1n) is 10.2. The summed E-state index contributed by atoms with van der Waals surface area (Å²) in [6, 6.07) is 0. The standard InChI is InChI=1S/C12H27N.C8H17N/c1-2-3-4-5-6-7-8-9-10-11-12-13;9-7-6-8-4-2-1-3-5-8/h2-13H2,1H3;8H,1-7,9H2. The van der Waals surface area contributed by atoms with Gasteiger partial charge in [0, 0.05) is 0 Å². The third-order valence-corrected chi connectivity index (χ3v) is 4.86. The monoisotopic (exact) mass is 312 g/mol. The Morgan fingerprint density at radius 3 is 1.59 bits per heavy atom. The first-order chi connectivity index (χ1) is 10.8. The molecule has 0 aromatic heterocycles. The molecule has 22 heavy (non-hydrogen) atoms. The number of rotatable bonds is 12. The van der Waals surface area contributed by atoms with E-state index in [0.29, 0.717) is 0 Å². The van der Waals surface area contributed by atoms with E-state index in [1.54, 1.807) is 0 Å². The Kier molecular flexibility index (Phi) is 18.9. The second-order valence-electron chi connectivity index (χ2n) is 7.05. The van der Waals surface area contributed by atoms with Gasteiger partial charge in [-0.25, -0.2) is 0 Å². The molecule has 2 heteroatoms. The molecule has 0 spiro atoms. The summed E-state index contributed by atoms with van der Waals surface area (Å²) in [4.78, 5) is 0. The van der Waals surface area contributed by atoms with Crippen LogP contribution in [0.1, 0.15) is 110 Å². The van der Waals surface area contributed by atoms with Gasteiger partial charge in [-0.05, 0) is 31.8 Å². The van der Waals surface area contributed by atoms with E-state index in [9.17, 15) is 0 Å². The minimum atomic E-state index is 0.872. The summed E-state index contributed by atoms with van der Waals surface area (Å²) in [6.45, 7) is 4.04. The van der Waals surface area contributed by atoms with Crippen molar-refractivity contribution in [1.29, 1.82) is 0 Å². The molecule has 0 saturated heterocycles. The zero-order chi connectivity index (χ0) is 16.3. The molecule has 1 fully saturated rings. The van der Waals surface area contributed by atoms with Crippen LogP contribution in [-0.4, -0.2) is 13.1 Å². The number of unbranched alkanes of at least 4 members (excludes halogenated alkanes) is 9. The van der Waals surface area contributed by atoms with Crippen LogP contribution in [0.25, 0.3) is 0 Å². The lowest BCUT2D eigenvalue weighted by atomic mass is 9.87. The van der Waals surface area contributed by atoms with Crippen LogP contribution in [-0.2, 0) is 0 Å². The van der Waals surface area contributed by atoms with Crippen molar-refractivity contribution in [3.8, 4) is 0 Å². The van der Waals surface area contributed by atoms with Crippen molar-refractivity contribution in [3.63, 3.8) is 0 Å². The van der Waals surface area contributed by atoms with Crippen LogP contribution in [0.15, 0.2) is 0 Å². The van der Waals surface area contributed by atoms with Gasteiger partial charge in [-0.2, -0.15) is 0 Å². The lowest BCUT2D eigenvalue weighted by Crippen LogP contribution is -2.11. The highest BCUT2D eigenvalue weighted by Gasteiger charge is 2.11. The van der Waals surface area contributed by atoms with E-state index in [-0.39, 0.29) is 0 Å². The molecular formula is C20H44N2. The zero-order valence-electron chi connectivity index (χ0n) is 15.5. The highest BCUT2D eigenvalue weighted by Crippen LogP contribution is 2.25. The molecule has 1 aliphatic carbocycles. The first kappa shape index (κ1) is 21.9. The summed E-state index contributed by atoms with van der Waals surface area (Å²) in [5, 5.41) is 0. The maximum absolute atomic E-state index is 5.46. The van der Waals surface area contributed by atoms with Gasteiger partial charge in [-0.1, -0.05) is 96.8 Å². The van der Waals surface area contributed by atoms with E-state index in [1.807, 2.05) is 0 Å². The average Bonchev–Trinajstić information content (AvgIpc) is 2.55. The van der Waals surface area contributed by atoms with Crippen molar-refractivity contribution in [2.24, 2.45) is 17.4 Å². The highest BCUT2D eigenvalue weighted by atomic mass is 14.5. The van der Waals surface area contributed by atoms with Crippen LogP contribution in [0.4, 0.5) is 0 Å². The van der Waals surface area contributed by atoms with Crippen LogP contribution in [0.2, 0.25) is 0 Å². The molecule has 1 saturated carbocycles. The van der Waals surface area contributed by atoms with Crippen molar-refractivity contribution < 1.29 is 0 Å². The molecule has 0 atom stereocenters. The highest BCUT2D eigenvalue weighted by molar-refractivity contribution is 4.65. The molecular weight excluding hydrogens is 268 g/mol. The van der Waals surface area contributed by atoms with E-state index in [2.05, 4.69) is 6.92 Å². The molecule has 1 aliphatic rings. The molecule has 0 bridgehead atoms. The predicted octanol–water partition coefficient (Wildman–Crippen LogP) is 5.78. The third kappa shape index (κ3) is 16.3. The largest absolute Gasteiger partial charge is 0.330 e. The van der Waals surface area contributed by atoms with Gasteiger partial charge >= 0.3 is 0 Å². The lowest BCUT2D eigenvalue weighted by Gasteiger charge is -2.20. The number of hydrogen-bond acceptors (Lipinski definition) is 2. The minimum absolute atomic E-state index is 0.872. The molecule has 134 valence electrons. The fourth-order valence-electron chi connectivity index (χ4n) is 3.34. The summed E-state index contributed by atoms with van der Waals surface area (Å²) < 4.78 is 0. The Bertz CT molecular complexity index is 175. The fourth-order valence-corrected chi connectivity index (χ4v) is 3.34. The van der Waals surface area contributed by atoms with E-state index in [1.165, 1.54) is 103 Å². The summed E-state index contributed by atoms with van der Waals surface area (Å²) >= 11 is 0. The molecule has 0 radical (unpaired) electrons. The van der Waals surface area contributed by atoms with E-state index < -0.39 is 0 Å². The van der Waals surface area contributed by atoms with Gasteiger partial charge in [0.05, 0.1) is 0 Å². The zero-order valence-corrected chi connectivity index (χ0v) is 15.5. The van der Waals surface area contributed by atoms with Crippen molar-refractivity contribution in [2.45, 2.75) is 110 Å². The van der Waals surface area contributed by atoms with E-state index in [4.69, 9.17) is 11.5 Å². The van der Waals surface area contributed by atoms with Crippen LogP contribution < -0.4 is 11.5 Å². The first-order valence-corrected chi connectivity index (χ1v) is 10.2. The number of nitrogens with two attached hydrogens (primary N) is 2. The van der Waals surface area contributed by atoms with Crippen molar-refractivity contribution >= 4 is 0 Å². The topological polar surface area (TPSA) is 52.0 Å². The SMILES string of the molecule is CCCCCCCCCCCCN.NCCC1CCCCC1. The Morgan fingerprint density at radius 1 is 0.636 bits per heavy atom. The van der Waals surface area contributed by atoms with Crippen LogP contribution >= 0.6 is 0 Å². The molecule has 0 aliphatic heterocycles.